The standard InChI is InChI=1S/C14H19BrN2O/c15-12-6-11(7-16-9-12)14-10(2-1-5-18-14)8-17-13-3-4-13/h6-7,9-10,13-14,17H,1-5,8H2. The number of hydrogen-bond acceptors (Lipinski definition) is 3. The molecule has 98 valence electrons. The fourth-order valence-electron chi connectivity index (χ4n) is 2.61. The number of pyridine rings is 1. The normalized spacial score (nSPS) is 28.3. The number of nitrogens with zero attached hydrogens (tertiary/aromatic N) is 1. The van der Waals surface area contributed by atoms with Crippen LogP contribution in [0.15, 0.2) is 22.9 Å². The van der Waals surface area contributed by atoms with Gasteiger partial charge in [0.05, 0.1) is 6.10 Å². The average molecular weight is 311 g/mol. The molecule has 0 radical (unpaired) electrons. The van der Waals surface area contributed by atoms with Gasteiger partial charge in [-0.15, -0.1) is 0 Å². The molecule has 0 spiro atoms. The highest BCUT2D eigenvalue weighted by Crippen LogP contribution is 2.34. The third-order valence-corrected chi connectivity index (χ3v) is 4.18. The van der Waals surface area contributed by atoms with E-state index in [2.05, 4.69) is 32.3 Å². The zero-order valence-electron chi connectivity index (χ0n) is 10.4. The second kappa shape index (κ2) is 5.68. The second-order valence-electron chi connectivity index (χ2n) is 5.31. The molecule has 2 heterocycles. The molecule has 4 heteroatoms. The first-order valence-corrected chi connectivity index (χ1v) is 7.57. The summed E-state index contributed by atoms with van der Waals surface area (Å²) in [7, 11) is 0. The summed E-state index contributed by atoms with van der Waals surface area (Å²) in [6.45, 7) is 1.94. The Morgan fingerprint density at radius 1 is 1.33 bits per heavy atom. The molecule has 0 bridgehead atoms. The molecule has 1 saturated carbocycles. The summed E-state index contributed by atoms with van der Waals surface area (Å²) in [6.07, 6.45) is 9.07. The van der Waals surface area contributed by atoms with E-state index in [9.17, 15) is 0 Å². The summed E-state index contributed by atoms with van der Waals surface area (Å²) in [5, 5.41) is 3.63. The van der Waals surface area contributed by atoms with Gasteiger partial charge in [0.25, 0.3) is 0 Å². The lowest BCUT2D eigenvalue weighted by molar-refractivity contribution is -0.0280. The summed E-state index contributed by atoms with van der Waals surface area (Å²) in [5.74, 6) is 0.579. The smallest absolute Gasteiger partial charge is 0.0880 e. The molecular formula is C14H19BrN2O. The summed E-state index contributed by atoms with van der Waals surface area (Å²) in [6, 6.07) is 2.90. The summed E-state index contributed by atoms with van der Waals surface area (Å²) in [4.78, 5) is 4.25. The average Bonchev–Trinajstić information content (AvgIpc) is 3.21. The van der Waals surface area contributed by atoms with E-state index < -0.39 is 0 Å². The maximum absolute atomic E-state index is 5.98. The minimum absolute atomic E-state index is 0.204. The van der Waals surface area contributed by atoms with Gasteiger partial charge in [0.15, 0.2) is 0 Å². The summed E-state index contributed by atoms with van der Waals surface area (Å²) < 4.78 is 7.01. The Hall–Kier alpha value is -0.450. The van der Waals surface area contributed by atoms with Gasteiger partial charge >= 0.3 is 0 Å². The van der Waals surface area contributed by atoms with Crippen LogP contribution in [0, 0.1) is 5.92 Å². The minimum atomic E-state index is 0.204. The number of halogens is 1. The van der Waals surface area contributed by atoms with Crippen LogP contribution in [0.25, 0.3) is 0 Å². The first-order chi connectivity index (χ1) is 8.83. The predicted molar refractivity (Wildman–Crippen MR) is 74.4 cm³/mol. The van der Waals surface area contributed by atoms with E-state index in [-0.39, 0.29) is 6.10 Å². The van der Waals surface area contributed by atoms with E-state index in [1.807, 2.05) is 12.4 Å². The summed E-state index contributed by atoms with van der Waals surface area (Å²) >= 11 is 3.49. The first-order valence-electron chi connectivity index (χ1n) is 6.78. The number of ether oxygens (including phenoxy) is 1. The van der Waals surface area contributed by atoms with Gasteiger partial charge in [-0.05, 0) is 47.7 Å². The lowest BCUT2D eigenvalue weighted by Crippen LogP contribution is -2.33. The van der Waals surface area contributed by atoms with Crippen LogP contribution in [0.4, 0.5) is 0 Å². The van der Waals surface area contributed by atoms with Gasteiger partial charge in [-0.25, -0.2) is 0 Å². The number of aromatic nitrogens is 1. The fourth-order valence-corrected chi connectivity index (χ4v) is 2.99. The molecule has 1 aliphatic heterocycles. The van der Waals surface area contributed by atoms with Crippen LogP contribution < -0.4 is 5.32 Å². The first kappa shape index (κ1) is 12.6. The zero-order valence-corrected chi connectivity index (χ0v) is 12.0. The van der Waals surface area contributed by atoms with E-state index in [1.54, 1.807) is 0 Å². The van der Waals surface area contributed by atoms with Crippen molar-refractivity contribution in [3.63, 3.8) is 0 Å². The van der Waals surface area contributed by atoms with Gasteiger partial charge in [-0.1, -0.05) is 0 Å². The van der Waals surface area contributed by atoms with Crippen LogP contribution in [0.3, 0.4) is 0 Å². The van der Waals surface area contributed by atoms with Gasteiger partial charge < -0.3 is 10.1 Å². The SMILES string of the molecule is Brc1cncc(C2OCCCC2CNC2CC2)c1. The molecule has 2 atom stereocenters. The highest BCUT2D eigenvalue weighted by Gasteiger charge is 2.30. The molecule has 1 aromatic heterocycles. The zero-order chi connectivity index (χ0) is 12.4. The molecule has 2 aliphatic rings. The molecule has 1 N–H and O–H groups in total. The van der Waals surface area contributed by atoms with Crippen molar-refractivity contribution in [1.82, 2.24) is 10.3 Å². The monoisotopic (exact) mass is 310 g/mol. The molecule has 2 fully saturated rings. The lowest BCUT2D eigenvalue weighted by atomic mass is 9.90. The fraction of sp³-hybridized carbons (Fsp3) is 0.643. The maximum atomic E-state index is 5.98. The second-order valence-corrected chi connectivity index (χ2v) is 6.23. The van der Waals surface area contributed by atoms with E-state index >= 15 is 0 Å². The van der Waals surface area contributed by atoms with Crippen molar-refractivity contribution >= 4 is 15.9 Å². The van der Waals surface area contributed by atoms with Crippen molar-refractivity contribution in [3.05, 3.63) is 28.5 Å². The van der Waals surface area contributed by atoms with Crippen LogP contribution >= 0.6 is 15.9 Å². The minimum Gasteiger partial charge on any atom is -0.373 e. The van der Waals surface area contributed by atoms with Crippen molar-refractivity contribution < 1.29 is 4.74 Å². The van der Waals surface area contributed by atoms with Gasteiger partial charge in [0.1, 0.15) is 0 Å². The summed E-state index contributed by atoms with van der Waals surface area (Å²) in [5.41, 5.74) is 1.20. The molecule has 1 aliphatic carbocycles. The Balaban J connectivity index is 1.69. The number of nitrogens with one attached hydrogen (secondary N) is 1. The molecule has 3 rings (SSSR count). The van der Waals surface area contributed by atoms with Crippen molar-refractivity contribution in [2.45, 2.75) is 37.8 Å². The molecule has 18 heavy (non-hydrogen) atoms. The maximum Gasteiger partial charge on any atom is 0.0880 e. The third-order valence-electron chi connectivity index (χ3n) is 3.75. The topological polar surface area (TPSA) is 34.1 Å². The third kappa shape index (κ3) is 3.11. The van der Waals surface area contributed by atoms with Gasteiger partial charge in [-0.3, -0.25) is 4.98 Å². The van der Waals surface area contributed by atoms with Crippen molar-refractivity contribution in [2.24, 2.45) is 5.92 Å². The Kier molecular flexibility index (Phi) is 3.97. The molecule has 0 amide bonds. The molecule has 1 saturated heterocycles. The predicted octanol–water partition coefficient (Wildman–Crippen LogP) is 3.06. The van der Waals surface area contributed by atoms with Crippen LogP contribution in [0.2, 0.25) is 0 Å². The van der Waals surface area contributed by atoms with E-state index in [0.717, 1.165) is 23.7 Å². The Morgan fingerprint density at radius 2 is 2.22 bits per heavy atom. The van der Waals surface area contributed by atoms with Crippen LogP contribution in [0.1, 0.15) is 37.4 Å². The lowest BCUT2D eigenvalue weighted by Gasteiger charge is -2.32. The highest BCUT2D eigenvalue weighted by atomic mass is 79.9. The van der Waals surface area contributed by atoms with Crippen molar-refractivity contribution in [3.8, 4) is 0 Å². The van der Waals surface area contributed by atoms with E-state index in [1.165, 1.54) is 31.2 Å². The van der Waals surface area contributed by atoms with Gasteiger partial charge in [0, 0.05) is 47.5 Å². The van der Waals surface area contributed by atoms with E-state index in [0.29, 0.717) is 5.92 Å². The largest absolute Gasteiger partial charge is 0.373 e. The number of rotatable bonds is 4. The van der Waals surface area contributed by atoms with Crippen molar-refractivity contribution in [2.75, 3.05) is 13.2 Å². The van der Waals surface area contributed by atoms with E-state index in [4.69, 9.17) is 4.74 Å². The molecule has 2 unspecified atom stereocenters. The molecule has 3 nitrogen and oxygen atoms in total. The highest BCUT2D eigenvalue weighted by molar-refractivity contribution is 9.10. The Bertz CT molecular complexity index is 409. The number of hydrogen-bond donors (Lipinski definition) is 1. The molecular weight excluding hydrogens is 292 g/mol. The van der Waals surface area contributed by atoms with Crippen LogP contribution in [-0.4, -0.2) is 24.2 Å². The van der Waals surface area contributed by atoms with Crippen molar-refractivity contribution in [1.29, 1.82) is 0 Å². The quantitative estimate of drug-likeness (QED) is 0.928. The molecule has 0 aromatic carbocycles. The molecule has 1 aromatic rings. The van der Waals surface area contributed by atoms with Gasteiger partial charge in [0.2, 0.25) is 0 Å². The Morgan fingerprint density at radius 3 is 3.00 bits per heavy atom. The van der Waals surface area contributed by atoms with Gasteiger partial charge in [-0.2, -0.15) is 0 Å². The van der Waals surface area contributed by atoms with Crippen LogP contribution in [-0.2, 0) is 4.74 Å². The van der Waals surface area contributed by atoms with Crippen LogP contribution in [0.5, 0.6) is 0 Å². The Labute approximate surface area is 116 Å².